The highest BCUT2D eigenvalue weighted by Gasteiger charge is 2.31. The van der Waals surface area contributed by atoms with E-state index in [0.29, 0.717) is 6.07 Å². The van der Waals surface area contributed by atoms with E-state index in [1.54, 1.807) is 20.8 Å². The van der Waals surface area contributed by atoms with Crippen LogP contribution >= 0.6 is 0 Å². The average molecular weight is 319 g/mol. The Kier molecular flexibility index (Phi) is 5.05. The molecule has 0 spiro atoms. The summed E-state index contributed by atoms with van der Waals surface area (Å²) in [7, 11) is 0. The number of hydrogen-bond donors (Lipinski definition) is 2. The Morgan fingerprint density at radius 1 is 1.23 bits per heavy atom. The molecule has 1 amide bonds. The second kappa shape index (κ2) is 6.25. The van der Waals surface area contributed by atoms with E-state index in [-0.39, 0.29) is 11.3 Å². The summed E-state index contributed by atoms with van der Waals surface area (Å²) in [5.74, 6) is -1.23. The van der Waals surface area contributed by atoms with Gasteiger partial charge in [-0.1, -0.05) is 6.07 Å². The summed E-state index contributed by atoms with van der Waals surface area (Å²) in [6.07, 6.45) is -6.09. The third kappa shape index (κ3) is 5.63. The van der Waals surface area contributed by atoms with Crippen LogP contribution in [0.15, 0.2) is 18.2 Å². The van der Waals surface area contributed by atoms with E-state index in [2.05, 4.69) is 5.32 Å². The van der Waals surface area contributed by atoms with E-state index in [1.165, 1.54) is 0 Å². The molecule has 1 rings (SSSR count). The van der Waals surface area contributed by atoms with E-state index in [9.17, 15) is 22.8 Å². The first-order chi connectivity index (χ1) is 9.88. The van der Waals surface area contributed by atoms with E-state index in [0.717, 1.165) is 12.1 Å². The standard InChI is InChI=1S/C14H16F3NO4/c1-13(2,3)22-12(21)18-10-7-9(14(15,16)17)5-4-8(10)6-11(19)20/h4-5,7H,6H2,1-3H3,(H,18,21)(H,19,20). The van der Waals surface area contributed by atoms with Crippen molar-refractivity contribution in [3.63, 3.8) is 0 Å². The molecule has 0 fully saturated rings. The number of alkyl halides is 3. The molecule has 1 aromatic rings. The van der Waals surface area contributed by atoms with Gasteiger partial charge in [0.25, 0.3) is 0 Å². The summed E-state index contributed by atoms with van der Waals surface area (Å²) >= 11 is 0. The lowest BCUT2D eigenvalue weighted by Crippen LogP contribution is -2.27. The third-order valence-electron chi connectivity index (χ3n) is 2.41. The number of halogens is 3. The summed E-state index contributed by atoms with van der Waals surface area (Å²) in [4.78, 5) is 22.4. The predicted molar refractivity (Wildman–Crippen MR) is 72.6 cm³/mol. The molecule has 2 N–H and O–H groups in total. The van der Waals surface area contributed by atoms with Crippen LogP contribution in [0.3, 0.4) is 0 Å². The molecular formula is C14H16F3NO4. The number of aliphatic carboxylic acids is 1. The average Bonchev–Trinajstić information content (AvgIpc) is 2.26. The lowest BCUT2D eigenvalue weighted by Gasteiger charge is -2.21. The second-order valence-electron chi connectivity index (χ2n) is 5.57. The van der Waals surface area contributed by atoms with Gasteiger partial charge in [-0.3, -0.25) is 10.1 Å². The topological polar surface area (TPSA) is 75.6 Å². The minimum absolute atomic E-state index is 0.0476. The van der Waals surface area contributed by atoms with Crippen molar-refractivity contribution in [3.05, 3.63) is 29.3 Å². The Balaban J connectivity index is 3.11. The summed E-state index contributed by atoms with van der Waals surface area (Å²) in [5, 5.41) is 10.9. The summed E-state index contributed by atoms with van der Waals surface area (Å²) in [6, 6.07) is 2.46. The summed E-state index contributed by atoms with van der Waals surface area (Å²) in [6.45, 7) is 4.78. The van der Waals surface area contributed by atoms with Gasteiger partial charge in [0.1, 0.15) is 5.60 Å². The molecule has 0 aromatic heterocycles. The van der Waals surface area contributed by atoms with Crippen LogP contribution in [0.25, 0.3) is 0 Å². The molecule has 0 atom stereocenters. The maximum Gasteiger partial charge on any atom is 0.416 e. The van der Waals surface area contributed by atoms with Gasteiger partial charge < -0.3 is 9.84 Å². The quantitative estimate of drug-likeness (QED) is 0.891. The first kappa shape index (κ1) is 17.8. The molecule has 0 saturated carbocycles. The summed E-state index contributed by atoms with van der Waals surface area (Å²) in [5.41, 5.74) is -2.02. The van der Waals surface area contributed by atoms with E-state index >= 15 is 0 Å². The molecule has 0 aliphatic rings. The maximum absolute atomic E-state index is 12.7. The fourth-order valence-electron chi connectivity index (χ4n) is 1.60. The van der Waals surface area contributed by atoms with Crippen molar-refractivity contribution >= 4 is 17.7 Å². The molecule has 0 bridgehead atoms. The molecule has 8 heteroatoms. The van der Waals surface area contributed by atoms with Crippen molar-refractivity contribution in [2.45, 2.75) is 39.0 Å². The Morgan fingerprint density at radius 3 is 2.27 bits per heavy atom. The Hall–Kier alpha value is -2.25. The number of rotatable bonds is 3. The number of anilines is 1. The molecule has 0 heterocycles. The van der Waals surface area contributed by atoms with Gasteiger partial charge >= 0.3 is 18.2 Å². The minimum atomic E-state index is -4.61. The minimum Gasteiger partial charge on any atom is -0.481 e. The molecule has 22 heavy (non-hydrogen) atoms. The van der Waals surface area contributed by atoms with Crippen LogP contribution in [-0.2, 0) is 22.1 Å². The van der Waals surface area contributed by atoms with E-state index in [4.69, 9.17) is 9.84 Å². The highest BCUT2D eigenvalue weighted by Crippen LogP contribution is 2.32. The van der Waals surface area contributed by atoms with Crippen molar-refractivity contribution in [2.75, 3.05) is 5.32 Å². The second-order valence-corrected chi connectivity index (χ2v) is 5.57. The van der Waals surface area contributed by atoms with Gasteiger partial charge in [0.2, 0.25) is 0 Å². The van der Waals surface area contributed by atoms with E-state index < -0.39 is 35.8 Å². The van der Waals surface area contributed by atoms with Crippen molar-refractivity contribution in [2.24, 2.45) is 0 Å². The SMILES string of the molecule is CC(C)(C)OC(=O)Nc1cc(C(F)(F)F)ccc1CC(=O)O. The lowest BCUT2D eigenvalue weighted by atomic mass is 10.1. The zero-order chi connectivity index (χ0) is 17.1. The van der Waals surface area contributed by atoms with Crippen molar-refractivity contribution in [1.29, 1.82) is 0 Å². The number of benzene rings is 1. The van der Waals surface area contributed by atoms with Gasteiger partial charge in [-0.25, -0.2) is 4.79 Å². The number of amides is 1. The number of carboxylic acid groups (broad SMARTS) is 1. The van der Waals surface area contributed by atoms with Gasteiger partial charge in [-0.05, 0) is 38.5 Å². The number of carboxylic acids is 1. The highest BCUT2D eigenvalue weighted by molar-refractivity contribution is 5.87. The van der Waals surface area contributed by atoms with Crippen molar-refractivity contribution in [3.8, 4) is 0 Å². The largest absolute Gasteiger partial charge is 0.481 e. The molecular weight excluding hydrogens is 303 g/mol. The first-order valence-electron chi connectivity index (χ1n) is 6.30. The number of nitrogens with one attached hydrogen (secondary N) is 1. The first-order valence-corrected chi connectivity index (χ1v) is 6.30. The highest BCUT2D eigenvalue weighted by atomic mass is 19.4. The zero-order valence-corrected chi connectivity index (χ0v) is 12.2. The molecule has 0 aliphatic carbocycles. The molecule has 0 saturated heterocycles. The van der Waals surface area contributed by atoms with Gasteiger partial charge in [0.15, 0.2) is 0 Å². The summed E-state index contributed by atoms with van der Waals surface area (Å²) < 4.78 is 43.1. The molecule has 5 nitrogen and oxygen atoms in total. The monoisotopic (exact) mass is 319 g/mol. The van der Waals surface area contributed by atoms with Crippen LogP contribution in [0, 0.1) is 0 Å². The lowest BCUT2D eigenvalue weighted by molar-refractivity contribution is -0.137. The van der Waals surface area contributed by atoms with Crippen LogP contribution in [0.2, 0.25) is 0 Å². The third-order valence-corrected chi connectivity index (χ3v) is 2.41. The van der Waals surface area contributed by atoms with Crippen LogP contribution in [0.4, 0.5) is 23.7 Å². The van der Waals surface area contributed by atoms with Crippen LogP contribution in [-0.4, -0.2) is 22.8 Å². The Bertz CT molecular complexity index is 576. The Morgan fingerprint density at radius 2 is 1.82 bits per heavy atom. The van der Waals surface area contributed by atoms with Gasteiger partial charge in [0, 0.05) is 5.69 Å². The van der Waals surface area contributed by atoms with Crippen LogP contribution < -0.4 is 5.32 Å². The van der Waals surface area contributed by atoms with Gasteiger partial charge in [-0.2, -0.15) is 13.2 Å². The molecule has 122 valence electrons. The van der Waals surface area contributed by atoms with Crippen molar-refractivity contribution in [1.82, 2.24) is 0 Å². The van der Waals surface area contributed by atoms with Crippen LogP contribution in [0.1, 0.15) is 31.9 Å². The zero-order valence-electron chi connectivity index (χ0n) is 12.2. The molecule has 0 unspecified atom stereocenters. The van der Waals surface area contributed by atoms with Gasteiger partial charge in [-0.15, -0.1) is 0 Å². The number of ether oxygens (including phenoxy) is 1. The number of carbonyl (C=O) groups is 2. The van der Waals surface area contributed by atoms with Gasteiger partial charge in [0.05, 0.1) is 12.0 Å². The molecule has 1 aromatic carbocycles. The smallest absolute Gasteiger partial charge is 0.416 e. The number of hydrogen-bond acceptors (Lipinski definition) is 3. The van der Waals surface area contributed by atoms with E-state index in [1.807, 2.05) is 0 Å². The molecule has 0 radical (unpaired) electrons. The van der Waals surface area contributed by atoms with Crippen molar-refractivity contribution < 1.29 is 32.6 Å². The molecule has 0 aliphatic heterocycles. The maximum atomic E-state index is 12.7. The fraction of sp³-hybridized carbons (Fsp3) is 0.429. The number of carbonyl (C=O) groups excluding carboxylic acids is 1. The normalized spacial score (nSPS) is 11.9. The Labute approximate surface area is 125 Å². The predicted octanol–water partition coefficient (Wildman–Crippen LogP) is 3.68. The van der Waals surface area contributed by atoms with Crippen LogP contribution in [0.5, 0.6) is 0 Å². The fourth-order valence-corrected chi connectivity index (χ4v) is 1.60.